The van der Waals surface area contributed by atoms with E-state index in [1.165, 1.54) is 11.1 Å². The first kappa shape index (κ1) is 22.7. The van der Waals surface area contributed by atoms with Crippen molar-refractivity contribution < 1.29 is 14.3 Å². The first-order valence-electron chi connectivity index (χ1n) is 11.1. The fraction of sp³-hybridized carbons (Fsp3) is 0.440. The lowest BCUT2D eigenvalue weighted by atomic mass is 10.00. The van der Waals surface area contributed by atoms with E-state index in [0.717, 1.165) is 18.7 Å². The van der Waals surface area contributed by atoms with Crippen LogP contribution in [0.4, 0.5) is 10.5 Å². The summed E-state index contributed by atoms with van der Waals surface area (Å²) in [4.78, 5) is 29.3. The number of hydrogen-bond donors (Lipinski definition) is 1. The molecule has 1 heterocycles. The van der Waals surface area contributed by atoms with Crippen molar-refractivity contribution in [2.45, 2.75) is 40.2 Å². The Labute approximate surface area is 185 Å². The molecule has 0 saturated carbocycles. The molecule has 0 aromatic heterocycles. The van der Waals surface area contributed by atoms with Gasteiger partial charge in [0.15, 0.2) is 0 Å². The van der Waals surface area contributed by atoms with E-state index in [0.29, 0.717) is 44.3 Å². The number of urea groups is 1. The Morgan fingerprint density at radius 1 is 1.10 bits per heavy atom. The Balaban J connectivity index is 1.56. The molecule has 3 amide bonds. The van der Waals surface area contributed by atoms with Gasteiger partial charge in [0.05, 0.1) is 6.61 Å². The van der Waals surface area contributed by atoms with Crippen molar-refractivity contribution in [3.8, 4) is 5.75 Å². The molecular weight excluding hydrogens is 390 g/mol. The molecule has 0 aliphatic carbocycles. The van der Waals surface area contributed by atoms with Gasteiger partial charge in [-0.15, -0.1) is 0 Å². The van der Waals surface area contributed by atoms with Gasteiger partial charge in [-0.1, -0.05) is 38.1 Å². The highest BCUT2D eigenvalue weighted by atomic mass is 16.5. The zero-order valence-electron chi connectivity index (χ0n) is 18.8. The molecule has 0 fully saturated rings. The van der Waals surface area contributed by atoms with Crippen molar-refractivity contribution in [3.05, 3.63) is 59.7 Å². The quantitative estimate of drug-likeness (QED) is 0.678. The number of amides is 3. The summed E-state index contributed by atoms with van der Waals surface area (Å²) < 4.78 is 5.45. The zero-order valence-corrected chi connectivity index (χ0v) is 18.8. The van der Waals surface area contributed by atoms with Crippen LogP contribution in [0.3, 0.4) is 0 Å². The second-order valence-electron chi connectivity index (χ2n) is 8.31. The summed E-state index contributed by atoms with van der Waals surface area (Å²) in [5.41, 5.74) is 3.25. The summed E-state index contributed by atoms with van der Waals surface area (Å²) in [5, 5.41) is 2.94. The molecule has 0 spiro atoms. The number of benzene rings is 2. The number of ether oxygens (including phenoxy) is 1. The summed E-state index contributed by atoms with van der Waals surface area (Å²) in [6, 6.07) is 15.4. The van der Waals surface area contributed by atoms with E-state index in [2.05, 4.69) is 31.3 Å². The predicted molar refractivity (Wildman–Crippen MR) is 123 cm³/mol. The fourth-order valence-corrected chi connectivity index (χ4v) is 3.82. The van der Waals surface area contributed by atoms with Gasteiger partial charge in [-0.25, -0.2) is 4.79 Å². The molecule has 0 atom stereocenters. The topological polar surface area (TPSA) is 61.9 Å². The van der Waals surface area contributed by atoms with Crippen LogP contribution in [0.15, 0.2) is 48.5 Å². The van der Waals surface area contributed by atoms with Crippen LogP contribution < -0.4 is 10.1 Å². The van der Waals surface area contributed by atoms with Crippen LogP contribution in [0, 0.1) is 5.92 Å². The average molecular weight is 424 g/mol. The minimum absolute atomic E-state index is 0.0946. The Morgan fingerprint density at radius 2 is 1.81 bits per heavy atom. The normalized spacial score (nSPS) is 13.0. The maximum atomic E-state index is 12.9. The molecule has 0 saturated heterocycles. The summed E-state index contributed by atoms with van der Waals surface area (Å²) in [6.45, 7) is 9.06. The third-order valence-electron chi connectivity index (χ3n) is 5.37. The predicted octanol–water partition coefficient (Wildman–Crippen LogP) is 4.55. The molecule has 2 aromatic rings. The Hall–Kier alpha value is -3.02. The van der Waals surface area contributed by atoms with Gasteiger partial charge >= 0.3 is 6.03 Å². The minimum Gasteiger partial charge on any atom is -0.494 e. The van der Waals surface area contributed by atoms with E-state index in [1.54, 1.807) is 4.90 Å². The lowest BCUT2D eigenvalue weighted by molar-refractivity contribution is -0.132. The molecule has 0 bridgehead atoms. The van der Waals surface area contributed by atoms with E-state index < -0.39 is 0 Å². The number of nitrogens with zero attached hydrogens (tertiary/aromatic N) is 2. The highest BCUT2D eigenvalue weighted by Crippen LogP contribution is 2.20. The first-order valence-corrected chi connectivity index (χ1v) is 11.1. The van der Waals surface area contributed by atoms with Crippen LogP contribution in [-0.2, 0) is 17.8 Å². The molecule has 1 aliphatic heterocycles. The van der Waals surface area contributed by atoms with Crippen molar-refractivity contribution in [2.75, 3.05) is 31.6 Å². The van der Waals surface area contributed by atoms with Crippen LogP contribution in [0.25, 0.3) is 0 Å². The van der Waals surface area contributed by atoms with Gasteiger partial charge in [-0.2, -0.15) is 0 Å². The van der Waals surface area contributed by atoms with Crippen molar-refractivity contribution >= 4 is 17.6 Å². The van der Waals surface area contributed by atoms with Crippen molar-refractivity contribution in [3.63, 3.8) is 0 Å². The summed E-state index contributed by atoms with van der Waals surface area (Å²) in [6.07, 6.45) is 1.21. The second-order valence-corrected chi connectivity index (χ2v) is 8.31. The van der Waals surface area contributed by atoms with Crippen LogP contribution in [0.5, 0.6) is 5.75 Å². The van der Waals surface area contributed by atoms with E-state index in [-0.39, 0.29) is 11.9 Å². The van der Waals surface area contributed by atoms with E-state index >= 15 is 0 Å². The molecule has 1 aliphatic rings. The van der Waals surface area contributed by atoms with Gasteiger partial charge in [0, 0.05) is 38.3 Å². The highest BCUT2D eigenvalue weighted by molar-refractivity contribution is 5.89. The Kier molecular flexibility index (Phi) is 7.93. The molecule has 2 aromatic carbocycles. The smallest absolute Gasteiger partial charge is 0.321 e. The number of anilines is 1. The number of carbonyl (C=O) groups is 2. The number of carbonyl (C=O) groups excluding carboxylic acids is 2. The Bertz CT molecular complexity index is 880. The van der Waals surface area contributed by atoms with E-state index in [9.17, 15) is 9.59 Å². The van der Waals surface area contributed by atoms with E-state index in [4.69, 9.17) is 4.74 Å². The molecule has 6 heteroatoms. The van der Waals surface area contributed by atoms with E-state index in [1.807, 2.05) is 48.2 Å². The summed E-state index contributed by atoms with van der Waals surface area (Å²) in [7, 11) is 0. The number of fused-ring (bicyclic) bond motifs is 1. The molecule has 6 nitrogen and oxygen atoms in total. The number of rotatable bonds is 8. The first-order chi connectivity index (χ1) is 15.0. The molecule has 0 radical (unpaired) electrons. The third kappa shape index (κ3) is 6.48. The van der Waals surface area contributed by atoms with Crippen LogP contribution in [-0.4, -0.2) is 48.0 Å². The van der Waals surface area contributed by atoms with Crippen molar-refractivity contribution in [2.24, 2.45) is 5.92 Å². The monoisotopic (exact) mass is 423 g/mol. The van der Waals surface area contributed by atoms with Gasteiger partial charge in [0.2, 0.25) is 5.91 Å². The van der Waals surface area contributed by atoms with Gasteiger partial charge in [0.25, 0.3) is 0 Å². The maximum Gasteiger partial charge on any atom is 0.321 e. The summed E-state index contributed by atoms with van der Waals surface area (Å²) >= 11 is 0. The minimum atomic E-state index is -0.186. The average Bonchev–Trinajstić information content (AvgIpc) is 2.77. The molecule has 31 heavy (non-hydrogen) atoms. The van der Waals surface area contributed by atoms with Crippen LogP contribution >= 0.6 is 0 Å². The molecule has 1 N–H and O–H groups in total. The zero-order chi connectivity index (χ0) is 22.2. The standard InChI is InChI=1S/C25H33N3O3/c1-4-31-23-11-9-22(10-12-23)26-25(30)28(17-19(2)3)16-14-24(29)27-15-13-20-7-5-6-8-21(20)18-27/h5-12,19H,4,13-18H2,1-3H3,(H,26,30). The Morgan fingerprint density at radius 3 is 2.48 bits per heavy atom. The molecular formula is C25H33N3O3. The molecule has 3 rings (SSSR count). The third-order valence-corrected chi connectivity index (χ3v) is 5.37. The van der Waals surface area contributed by atoms with Crippen molar-refractivity contribution in [1.29, 1.82) is 0 Å². The molecule has 166 valence electrons. The summed E-state index contributed by atoms with van der Waals surface area (Å²) in [5.74, 6) is 1.17. The van der Waals surface area contributed by atoms with Gasteiger partial charge in [-0.3, -0.25) is 4.79 Å². The molecule has 0 unspecified atom stereocenters. The van der Waals surface area contributed by atoms with Crippen molar-refractivity contribution in [1.82, 2.24) is 9.80 Å². The second kappa shape index (κ2) is 10.8. The lowest BCUT2D eigenvalue weighted by Gasteiger charge is -2.30. The lowest BCUT2D eigenvalue weighted by Crippen LogP contribution is -2.42. The van der Waals surface area contributed by atoms with Crippen LogP contribution in [0.2, 0.25) is 0 Å². The number of nitrogens with one attached hydrogen (secondary N) is 1. The maximum absolute atomic E-state index is 12.9. The van der Waals surface area contributed by atoms with Gasteiger partial charge in [0.1, 0.15) is 5.75 Å². The highest BCUT2D eigenvalue weighted by Gasteiger charge is 2.22. The van der Waals surface area contributed by atoms with Gasteiger partial charge in [-0.05, 0) is 54.7 Å². The largest absolute Gasteiger partial charge is 0.494 e. The SMILES string of the molecule is CCOc1ccc(NC(=O)N(CCC(=O)N2CCc3ccccc3C2)CC(C)C)cc1. The van der Waals surface area contributed by atoms with Gasteiger partial charge < -0.3 is 19.9 Å². The number of hydrogen-bond acceptors (Lipinski definition) is 3. The fourth-order valence-electron chi connectivity index (χ4n) is 3.82. The van der Waals surface area contributed by atoms with Crippen LogP contribution in [0.1, 0.15) is 38.3 Å².